The Hall–Kier alpha value is 0.137. The van der Waals surface area contributed by atoms with Crippen molar-refractivity contribution in [3.8, 4) is 0 Å². The van der Waals surface area contributed by atoms with Crippen molar-refractivity contribution in [3.05, 3.63) is 0 Å². The molecule has 0 aliphatic heterocycles. The van der Waals surface area contributed by atoms with E-state index in [0.717, 1.165) is 13.1 Å². The lowest BCUT2D eigenvalue weighted by atomic mass is 10.5. The van der Waals surface area contributed by atoms with Gasteiger partial charge in [0.15, 0.2) is 0 Å². The highest BCUT2D eigenvalue weighted by atomic mass is 28.3. The molecule has 0 aromatic heterocycles. The Labute approximate surface area is 85.0 Å². The predicted molar refractivity (Wildman–Crippen MR) is 63.3 cm³/mol. The lowest BCUT2D eigenvalue weighted by molar-refractivity contribution is 0.0604. The molecule has 0 fully saturated rings. The van der Waals surface area contributed by atoms with Gasteiger partial charge in [-0.2, -0.15) is 0 Å². The van der Waals surface area contributed by atoms with Crippen molar-refractivity contribution < 1.29 is 0 Å². The molecule has 13 heavy (non-hydrogen) atoms. The van der Waals surface area contributed by atoms with Gasteiger partial charge < -0.3 is 0 Å². The summed E-state index contributed by atoms with van der Waals surface area (Å²) in [4.78, 5) is 0. The van der Waals surface area contributed by atoms with Gasteiger partial charge in [0, 0.05) is 19.6 Å². The monoisotopic (exact) mass is 202 g/mol. The molecule has 0 amide bonds. The van der Waals surface area contributed by atoms with Crippen molar-refractivity contribution in [1.82, 2.24) is 9.68 Å². The number of nitrogens with zero attached hydrogens (tertiary/aromatic N) is 2. The van der Waals surface area contributed by atoms with Gasteiger partial charge in [-0.3, -0.25) is 4.67 Å². The lowest BCUT2D eigenvalue weighted by Gasteiger charge is -2.42. The summed E-state index contributed by atoms with van der Waals surface area (Å²) in [5.74, 6) is 0. The van der Waals surface area contributed by atoms with Crippen molar-refractivity contribution >= 4 is 8.24 Å². The van der Waals surface area contributed by atoms with Gasteiger partial charge in [0.05, 0.1) is 0 Å². The molecule has 0 radical (unpaired) electrons. The van der Waals surface area contributed by atoms with E-state index in [9.17, 15) is 0 Å². The summed E-state index contributed by atoms with van der Waals surface area (Å²) < 4.78 is 2.62. The molecular weight excluding hydrogens is 176 g/mol. The van der Waals surface area contributed by atoms with Gasteiger partial charge in [-0.25, -0.2) is 5.01 Å². The second-order valence-corrected chi connectivity index (χ2v) is 9.29. The zero-order valence-electron chi connectivity index (χ0n) is 10.2. The fraction of sp³-hybridized carbons (Fsp3) is 1.00. The van der Waals surface area contributed by atoms with E-state index in [1.54, 1.807) is 0 Å². The van der Waals surface area contributed by atoms with Gasteiger partial charge in [0.1, 0.15) is 8.24 Å². The molecule has 80 valence electrons. The van der Waals surface area contributed by atoms with Crippen LogP contribution in [0.25, 0.3) is 0 Å². The SMILES string of the molecule is CCCN(N(CC)CC)[Si](C)(C)C. The minimum absolute atomic E-state index is 1.14. The summed E-state index contributed by atoms with van der Waals surface area (Å²) in [5.41, 5.74) is 0. The van der Waals surface area contributed by atoms with Crippen LogP contribution in [0.1, 0.15) is 27.2 Å². The molecule has 0 heterocycles. The Morgan fingerprint density at radius 2 is 1.38 bits per heavy atom. The quantitative estimate of drug-likeness (QED) is 0.483. The highest BCUT2D eigenvalue weighted by Crippen LogP contribution is 2.13. The van der Waals surface area contributed by atoms with Crippen LogP contribution in [0.3, 0.4) is 0 Å². The summed E-state index contributed by atoms with van der Waals surface area (Å²) in [7, 11) is -1.15. The highest BCUT2D eigenvalue weighted by Gasteiger charge is 2.26. The Balaban J connectivity index is 4.38. The van der Waals surface area contributed by atoms with E-state index in [-0.39, 0.29) is 0 Å². The van der Waals surface area contributed by atoms with Crippen molar-refractivity contribution in [2.24, 2.45) is 0 Å². The molecule has 0 aliphatic carbocycles. The normalized spacial score (nSPS) is 12.9. The molecule has 0 rings (SSSR count). The van der Waals surface area contributed by atoms with E-state index in [4.69, 9.17) is 0 Å². The molecule has 2 nitrogen and oxygen atoms in total. The average Bonchev–Trinajstić information content (AvgIpc) is 2.03. The Bertz CT molecular complexity index is 127. The van der Waals surface area contributed by atoms with Crippen molar-refractivity contribution in [3.63, 3.8) is 0 Å². The maximum Gasteiger partial charge on any atom is 0.137 e. The van der Waals surface area contributed by atoms with E-state index in [1.165, 1.54) is 13.0 Å². The van der Waals surface area contributed by atoms with Gasteiger partial charge in [0.2, 0.25) is 0 Å². The molecule has 0 aliphatic rings. The van der Waals surface area contributed by atoms with Gasteiger partial charge in [-0.15, -0.1) is 0 Å². The number of rotatable bonds is 6. The average molecular weight is 202 g/mol. The van der Waals surface area contributed by atoms with Gasteiger partial charge >= 0.3 is 0 Å². The molecule has 0 spiro atoms. The van der Waals surface area contributed by atoms with Crippen LogP contribution >= 0.6 is 0 Å². The predicted octanol–water partition coefficient (Wildman–Crippen LogP) is 2.79. The minimum Gasteiger partial charge on any atom is -0.264 e. The smallest absolute Gasteiger partial charge is 0.137 e. The molecule has 0 saturated heterocycles. The van der Waals surface area contributed by atoms with Crippen molar-refractivity contribution in [2.45, 2.75) is 46.8 Å². The third kappa shape index (κ3) is 4.25. The molecule has 0 aromatic carbocycles. The van der Waals surface area contributed by atoms with Crippen LogP contribution in [0, 0.1) is 0 Å². The largest absolute Gasteiger partial charge is 0.264 e. The number of hydrazine groups is 1. The molecular formula is C10H26N2Si. The number of hydrogen-bond acceptors (Lipinski definition) is 2. The second kappa shape index (κ2) is 5.78. The van der Waals surface area contributed by atoms with Crippen LogP contribution in [-0.4, -0.2) is 37.6 Å². The maximum absolute atomic E-state index is 2.62. The Kier molecular flexibility index (Phi) is 5.84. The zero-order chi connectivity index (χ0) is 10.5. The van der Waals surface area contributed by atoms with E-state index in [0.29, 0.717) is 0 Å². The van der Waals surface area contributed by atoms with Crippen LogP contribution < -0.4 is 0 Å². The standard InChI is InChI=1S/C10H26N2Si/c1-7-10-12(13(4,5)6)11(8-2)9-3/h7-10H2,1-6H3. The van der Waals surface area contributed by atoms with Crippen molar-refractivity contribution in [2.75, 3.05) is 19.6 Å². The summed E-state index contributed by atoms with van der Waals surface area (Å²) in [6, 6.07) is 0. The van der Waals surface area contributed by atoms with Crippen LogP contribution in [-0.2, 0) is 0 Å². The molecule has 0 atom stereocenters. The van der Waals surface area contributed by atoms with E-state index >= 15 is 0 Å². The maximum atomic E-state index is 2.62. The topological polar surface area (TPSA) is 6.48 Å². The molecule has 0 unspecified atom stereocenters. The van der Waals surface area contributed by atoms with Crippen LogP contribution in [0.15, 0.2) is 0 Å². The first-order valence-corrected chi connectivity index (χ1v) is 8.94. The summed E-state index contributed by atoms with van der Waals surface area (Å²) >= 11 is 0. The van der Waals surface area contributed by atoms with Gasteiger partial charge in [0.25, 0.3) is 0 Å². The lowest BCUT2D eigenvalue weighted by Crippen LogP contribution is -2.56. The van der Waals surface area contributed by atoms with E-state index in [2.05, 4.69) is 50.1 Å². The molecule has 0 saturated carbocycles. The van der Waals surface area contributed by atoms with Crippen LogP contribution in [0.5, 0.6) is 0 Å². The van der Waals surface area contributed by atoms with Crippen LogP contribution in [0.2, 0.25) is 19.6 Å². The molecule has 0 bridgehead atoms. The third-order valence-corrected chi connectivity index (χ3v) is 4.34. The van der Waals surface area contributed by atoms with Gasteiger partial charge in [-0.05, 0) is 6.42 Å². The number of hydrogen-bond donors (Lipinski definition) is 0. The fourth-order valence-corrected chi connectivity index (χ4v) is 3.70. The Morgan fingerprint density at radius 3 is 1.62 bits per heavy atom. The molecule has 3 heteroatoms. The zero-order valence-corrected chi connectivity index (χ0v) is 11.2. The van der Waals surface area contributed by atoms with Crippen molar-refractivity contribution in [1.29, 1.82) is 0 Å². The first-order chi connectivity index (χ1) is 5.97. The van der Waals surface area contributed by atoms with Crippen LogP contribution in [0.4, 0.5) is 0 Å². The van der Waals surface area contributed by atoms with E-state index in [1.807, 2.05) is 0 Å². The molecule has 0 aromatic rings. The second-order valence-electron chi connectivity index (χ2n) is 4.43. The first-order valence-electron chi connectivity index (χ1n) is 5.49. The third-order valence-electron chi connectivity index (χ3n) is 2.28. The van der Waals surface area contributed by atoms with E-state index < -0.39 is 8.24 Å². The first kappa shape index (κ1) is 13.1. The van der Waals surface area contributed by atoms with Gasteiger partial charge in [-0.1, -0.05) is 40.4 Å². The highest BCUT2D eigenvalue weighted by molar-refractivity contribution is 6.73. The molecule has 0 N–H and O–H groups in total. The fourth-order valence-electron chi connectivity index (χ4n) is 1.68. The minimum atomic E-state index is -1.15. The summed E-state index contributed by atoms with van der Waals surface area (Å²) in [6.07, 6.45) is 1.25. The summed E-state index contributed by atoms with van der Waals surface area (Å²) in [5, 5.41) is 2.48. The Morgan fingerprint density at radius 1 is 0.923 bits per heavy atom. The summed E-state index contributed by atoms with van der Waals surface area (Å²) in [6.45, 7) is 17.5.